The Balaban J connectivity index is 2.48. The Morgan fingerprint density at radius 2 is 2.16 bits per heavy atom. The summed E-state index contributed by atoms with van der Waals surface area (Å²) in [5.41, 5.74) is 1.05. The monoisotopic (exact) mass is 346 g/mol. The average Bonchev–Trinajstić information content (AvgIpc) is 2.70. The highest BCUT2D eigenvalue weighted by Gasteiger charge is 2.26. The first-order valence-corrected chi connectivity index (χ1v) is 7.72. The SMILES string of the molecule is CCC1=NN(c2ccc(Br)c(S(=O)(=O)O)c2)C(=O)C1. The summed E-state index contributed by atoms with van der Waals surface area (Å²) in [7, 11) is -4.36. The number of nitrogens with zero attached hydrogens (tertiary/aromatic N) is 2. The van der Waals surface area contributed by atoms with Gasteiger partial charge in [0, 0.05) is 10.2 Å². The fraction of sp³-hybridized carbons (Fsp3) is 0.273. The molecule has 0 radical (unpaired) electrons. The van der Waals surface area contributed by atoms with Crippen molar-refractivity contribution in [3.05, 3.63) is 22.7 Å². The molecule has 1 aromatic rings. The second-order valence-corrected chi connectivity index (χ2v) is 6.24. The van der Waals surface area contributed by atoms with E-state index in [0.29, 0.717) is 12.1 Å². The van der Waals surface area contributed by atoms with Crippen molar-refractivity contribution in [2.45, 2.75) is 24.7 Å². The van der Waals surface area contributed by atoms with E-state index in [4.69, 9.17) is 4.55 Å². The van der Waals surface area contributed by atoms with E-state index in [9.17, 15) is 13.2 Å². The Kier molecular flexibility index (Phi) is 3.75. The van der Waals surface area contributed by atoms with Crippen molar-refractivity contribution in [2.75, 3.05) is 5.01 Å². The van der Waals surface area contributed by atoms with Gasteiger partial charge >= 0.3 is 0 Å². The first kappa shape index (κ1) is 14.2. The second-order valence-electron chi connectivity index (χ2n) is 3.99. The van der Waals surface area contributed by atoms with Crippen LogP contribution in [-0.2, 0) is 14.9 Å². The van der Waals surface area contributed by atoms with Gasteiger partial charge in [-0.05, 0) is 40.5 Å². The van der Waals surface area contributed by atoms with Crippen LogP contribution in [0.25, 0.3) is 0 Å². The quantitative estimate of drug-likeness (QED) is 0.849. The van der Waals surface area contributed by atoms with Gasteiger partial charge in [0.2, 0.25) is 0 Å². The van der Waals surface area contributed by atoms with E-state index >= 15 is 0 Å². The summed E-state index contributed by atoms with van der Waals surface area (Å²) in [6, 6.07) is 4.21. The van der Waals surface area contributed by atoms with Crippen LogP contribution in [0.4, 0.5) is 5.69 Å². The predicted molar refractivity (Wildman–Crippen MR) is 73.8 cm³/mol. The van der Waals surface area contributed by atoms with Crippen LogP contribution in [0.2, 0.25) is 0 Å². The maximum Gasteiger partial charge on any atom is 0.295 e. The zero-order valence-electron chi connectivity index (χ0n) is 10.00. The second kappa shape index (κ2) is 5.03. The molecule has 1 heterocycles. The molecule has 8 heteroatoms. The number of hydrogen-bond donors (Lipinski definition) is 1. The highest BCUT2D eigenvalue weighted by molar-refractivity contribution is 9.10. The van der Waals surface area contributed by atoms with E-state index in [2.05, 4.69) is 21.0 Å². The first-order valence-electron chi connectivity index (χ1n) is 5.49. The molecule has 1 amide bonds. The lowest BCUT2D eigenvalue weighted by Crippen LogP contribution is -2.19. The summed E-state index contributed by atoms with van der Waals surface area (Å²) >= 11 is 3.04. The standard InChI is InChI=1S/C11H11BrN2O4S/c1-2-7-5-11(15)14(13-7)8-3-4-9(12)10(6-8)19(16,17)18/h3-4,6H,2,5H2,1H3,(H,16,17,18). The maximum atomic E-state index is 11.8. The topological polar surface area (TPSA) is 87.0 Å². The van der Waals surface area contributed by atoms with E-state index in [1.54, 1.807) is 6.07 Å². The van der Waals surface area contributed by atoms with E-state index in [1.807, 2.05) is 6.92 Å². The van der Waals surface area contributed by atoms with Crippen LogP contribution in [0.3, 0.4) is 0 Å². The minimum atomic E-state index is -4.36. The first-order chi connectivity index (χ1) is 8.82. The summed E-state index contributed by atoms with van der Waals surface area (Å²) < 4.78 is 31.7. The molecule has 0 fully saturated rings. The molecule has 1 N–H and O–H groups in total. The zero-order valence-corrected chi connectivity index (χ0v) is 12.4. The van der Waals surface area contributed by atoms with Gasteiger partial charge in [-0.3, -0.25) is 9.35 Å². The van der Waals surface area contributed by atoms with Crippen molar-refractivity contribution in [3.63, 3.8) is 0 Å². The van der Waals surface area contributed by atoms with Crippen LogP contribution in [-0.4, -0.2) is 24.6 Å². The molecule has 0 atom stereocenters. The van der Waals surface area contributed by atoms with Crippen molar-refractivity contribution in [3.8, 4) is 0 Å². The Bertz CT molecular complexity index is 669. The van der Waals surface area contributed by atoms with Crippen LogP contribution in [0, 0.1) is 0 Å². The van der Waals surface area contributed by atoms with Gasteiger partial charge in [-0.25, -0.2) is 5.01 Å². The molecule has 102 valence electrons. The number of rotatable bonds is 3. The molecule has 0 saturated heterocycles. The molecular formula is C11H11BrN2O4S. The third-order valence-corrected chi connectivity index (χ3v) is 4.53. The molecule has 2 rings (SSSR count). The number of hydrogen-bond acceptors (Lipinski definition) is 4. The van der Waals surface area contributed by atoms with Crippen LogP contribution in [0.5, 0.6) is 0 Å². The molecule has 0 aliphatic carbocycles. The molecule has 19 heavy (non-hydrogen) atoms. The van der Waals surface area contributed by atoms with Gasteiger partial charge in [0.05, 0.1) is 12.1 Å². The number of carbonyl (C=O) groups is 1. The fourth-order valence-corrected chi connectivity index (χ4v) is 3.15. The molecule has 1 aromatic carbocycles. The lowest BCUT2D eigenvalue weighted by Gasteiger charge is -2.13. The normalized spacial score (nSPS) is 15.8. The Labute approximate surface area is 119 Å². The highest BCUT2D eigenvalue weighted by Crippen LogP contribution is 2.29. The summed E-state index contributed by atoms with van der Waals surface area (Å²) in [4.78, 5) is 11.5. The van der Waals surface area contributed by atoms with Gasteiger partial charge in [0.1, 0.15) is 4.90 Å². The molecule has 0 unspecified atom stereocenters. The molecule has 0 aromatic heterocycles. The van der Waals surface area contributed by atoms with E-state index in [1.165, 1.54) is 12.1 Å². The number of benzene rings is 1. The molecular weight excluding hydrogens is 336 g/mol. The van der Waals surface area contributed by atoms with Crippen LogP contribution >= 0.6 is 15.9 Å². The third kappa shape index (κ3) is 2.85. The van der Waals surface area contributed by atoms with Gasteiger partial charge in [-0.2, -0.15) is 13.5 Å². The lowest BCUT2D eigenvalue weighted by molar-refractivity contribution is -0.116. The predicted octanol–water partition coefficient (Wildman–Crippen LogP) is 2.20. The Morgan fingerprint density at radius 1 is 1.47 bits per heavy atom. The summed E-state index contributed by atoms with van der Waals surface area (Å²) in [5, 5.41) is 5.27. The number of anilines is 1. The van der Waals surface area contributed by atoms with Crippen LogP contribution in [0.1, 0.15) is 19.8 Å². The number of hydrazone groups is 1. The van der Waals surface area contributed by atoms with Gasteiger partial charge < -0.3 is 0 Å². The summed E-state index contributed by atoms with van der Waals surface area (Å²) in [6.07, 6.45) is 0.887. The minimum Gasteiger partial charge on any atom is -0.282 e. The van der Waals surface area contributed by atoms with Crippen LogP contribution in [0.15, 0.2) is 32.7 Å². The minimum absolute atomic E-state index is 0.222. The van der Waals surface area contributed by atoms with E-state index in [-0.39, 0.29) is 21.7 Å². The van der Waals surface area contributed by atoms with E-state index < -0.39 is 10.1 Å². The van der Waals surface area contributed by atoms with Crippen molar-refractivity contribution < 1.29 is 17.8 Å². The lowest BCUT2D eigenvalue weighted by atomic mass is 10.2. The average molecular weight is 347 g/mol. The third-order valence-electron chi connectivity index (χ3n) is 2.68. The molecule has 0 bridgehead atoms. The molecule has 1 aliphatic heterocycles. The smallest absolute Gasteiger partial charge is 0.282 e. The van der Waals surface area contributed by atoms with E-state index in [0.717, 1.165) is 10.7 Å². The molecule has 1 aliphatic rings. The molecule has 0 spiro atoms. The van der Waals surface area contributed by atoms with Crippen molar-refractivity contribution in [1.82, 2.24) is 0 Å². The van der Waals surface area contributed by atoms with Gasteiger partial charge in [-0.15, -0.1) is 0 Å². The number of halogens is 1. The van der Waals surface area contributed by atoms with Crippen molar-refractivity contribution in [1.29, 1.82) is 0 Å². The zero-order chi connectivity index (χ0) is 14.2. The van der Waals surface area contributed by atoms with Gasteiger partial charge in [0.25, 0.3) is 16.0 Å². The highest BCUT2D eigenvalue weighted by atomic mass is 79.9. The Hall–Kier alpha value is -1.25. The number of amides is 1. The van der Waals surface area contributed by atoms with Crippen molar-refractivity contribution >= 4 is 43.4 Å². The molecule has 0 saturated carbocycles. The van der Waals surface area contributed by atoms with Gasteiger partial charge in [0.15, 0.2) is 0 Å². The fourth-order valence-electron chi connectivity index (χ4n) is 1.70. The molecule has 6 nitrogen and oxygen atoms in total. The van der Waals surface area contributed by atoms with Gasteiger partial charge in [-0.1, -0.05) is 6.92 Å². The van der Waals surface area contributed by atoms with Crippen LogP contribution < -0.4 is 5.01 Å². The largest absolute Gasteiger partial charge is 0.295 e. The summed E-state index contributed by atoms with van der Waals surface area (Å²) in [5.74, 6) is -0.222. The summed E-state index contributed by atoms with van der Waals surface area (Å²) in [6.45, 7) is 1.89. The van der Waals surface area contributed by atoms with Crippen molar-refractivity contribution in [2.24, 2.45) is 5.10 Å². The maximum absolute atomic E-state index is 11.8. The Morgan fingerprint density at radius 3 is 2.68 bits per heavy atom. The number of carbonyl (C=O) groups excluding carboxylic acids is 1.